The maximum absolute atomic E-state index is 12.5. The van der Waals surface area contributed by atoms with Crippen LogP contribution in [0, 0.1) is 30.8 Å². The topological polar surface area (TPSA) is 92.0 Å². The Morgan fingerprint density at radius 3 is 2.85 bits per heavy atom. The van der Waals surface area contributed by atoms with Gasteiger partial charge in [0.15, 0.2) is 0 Å². The van der Waals surface area contributed by atoms with Crippen molar-refractivity contribution in [2.45, 2.75) is 12.5 Å². The van der Waals surface area contributed by atoms with Gasteiger partial charge in [0.2, 0.25) is 0 Å². The third-order valence-electron chi connectivity index (χ3n) is 1.44. The fourth-order valence-corrected chi connectivity index (χ4v) is 1.57. The molecule has 0 amide bonds. The summed E-state index contributed by atoms with van der Waals surface area (Å²) in [6, 6.07) is -1.02. The van der Waals surface area contributed by atoms with Crippen LogP contribution in [-0.2, 0) is 11.2 Å². The molecule has 0 saturated heterocycles. The van der Waals surface area contributed by atoms with Crippen molar-refractivity contribution in [1.29, 1.82) is 0 Å². The number of nitrogens with two attached hydrogens (primary N) is 1. The molecule has 0 radical (unpaired) electrons. The summed E-state index contributed by atoms with van der Waals surface area (Å²) in [5, 5.41) is 8.49. The predicted molar refractivity (Wildman–Crippen MR) is 37.5 cm³/mol. The van der Waals surface area contributed by atoms with Crippen LogP contribution in [0.5, 0.6) is 0 Å². The van der Waals surface area contributed by atoms with E-state index in [0.29, 0.717) is 9.10 Å². The van der Waals surface area contributed by atoms with Gasteiger partial charge in [-0.15, -0.1) is 0 Å². The van der Waals surface area contributed by atoms with Gasteiger partial charge in [-0.2, -0.15) is 0 Å². The Morgan fingerprint density at radius 2 is 2.46 bits per heavy atom. The molecular weight excluding hydrogens is 375 g/mol. The van der Waals surface area contributed by atoms with Gasteiger partial charge in [-0.05, 0) is 0 Å². The van der Waals surface area contributed by atoms with Crippen LogP contribution in [0.25, 0.3) is 0 Å². The first-order chi connectivity index (χ1) is 6.00. The second kappa shape index (κ2) is 4.11. The summed E-state index contributed by atoms with van der Waals surface area (Å²) in [7, 11) is 0. The van der Waals surface area contributed by atoms with Crippen LogP contribution in [0.3, 0.4) is 0 Å². The molecule has 0 aromatic carbocycles. The fraction of sp³-hybridized carbons (Fsp3) is 0.333. The number of aromatic amines is 1. The molecule has 0 bridgehead atoms. The van der Waals surface area contributed by atoms with Crippen molar-refractivity contribution in [3.63, 3.8) is 0 Å². The Hall–Kier alpha value is -0.547. The van der Waals surface area contributed by atoms with Crippen molar-refractivity contribution < 1.29 is 39.0 Å². The summed E-state index contributed by atoms with van der Waals surface area (Å²) in [6.07, 6.45) is -0.636. The molecule has 0 saturated carbocycles. The monoisotopic (exact) mass is 382 g/mol. The van der Waals surface area contributed by atoms with Crippen LogP contribution in [0.4, 0.5) is 4.39 Å². The molecule has 0 aliphatic heterocycles. The van der Waals surface area contributed by atoms with Gasteiger partial charge in [0.25, 0.3) is 0 Å². The van der Waals surface area contributed by atoms with Gasteiger partial charge in [0, 0.05) is 0 Å². The van der Waals surface area contributed by atoms with E-state index in [-0.39, 0.29) is 6.42 Å². The van der Waals surface area contributed by atoms with Crippen LogP contribution in [0.15, 0.2) is 0 Å². The summed E-state index contributed by atoms with van der Waals surface area (Å²) in [6.45, 7) is 0. The van der Waals surface area contributed by atoms with E-state index in [1.807, 2.05) is 0 Å². The number of aromatic nitrogens is 2. The molecule has 7 heteroatoms. The molecule has 0 spiro atoms. The SMILES string of the molecule is NC(Cc1[nH]c(F)nc1[At])C(=O)O. The number of imidazole rings is 1. The summed E-state index contributed by atoms with van der Waals surface area (Å²) >= 11 is 1.18. The number of nitrogens with zero attached hydrogens (tertiary/aromatic N) is 1. The van der Waals surface area contributed by atoms with Crippen molar-refractivity contribution >= 4 is 9.37 Å². The number of nitrogens with one attached hydrogen (secondary N) is 1. The van der Waals surface area contributed by atoms with Crippen LogP contribution in [-0.4, -0.2) is 27.1 Å². The molecule has 5 nitrogen and oxygen atoms in total. The first-order valence-electron chi connectivity index (χ1n) is 3.39. The third-order valence-corrected chi connectivity index (χ3v) is 2.66. The zero-order valence-electron chi connectivity index (χ0n) is 6.42. The second-order valence-electron chi connectivity index (χ2n) is 2.45. The van der Waals surface area contributed by atoms with E-state index in [2.05, 4.69) is 9.97 Å². The van der Waals surface area contributed by atoms with Crippen LogP contribution >= 0.6 is 0 Å². The van der Waals surface area contributed by atoms with E-state index < -0.39 is 18.1 Å². The Labute approximate surface area is 88.4 Å². The van der Waals surface area contributed by atoms with Crippen LogP contribution in [0.1, 0.15) is 5.69 Å². The molecule has 72 valence electrons. The Bertz CT molecular complexity index is 328. The van der Waals surface area contributed by atoms with Crippen molar-refractivity contribution in [2.24, 2.45) is 5.73 Å². The molecule has 0 fully saturated rings. The third kappa shape index (κ3) is 2.70. The standard InChI is InChI=1S/C6H7AtFN3O2/c7-4-3(10-6(8)11-4)1-2(9)5(12)13/h2H,1,9H2,(H,10,11)(H,12,13). The van der Waals surface area contributed by atoms with E-state index in [1.54, 1.807) is 0 Å². The predicted octanol–water partition coefficient (Wildman–Crippen LogP) is -1.32. The average molecular weight is 382 g/mol. The summed E-state index contributed by atoms with van der Waals surface area (Å²) in [4.78, 5) is 16.2. The van der Waals surface area contributed by atoms with Crippen molar-refractivity contribution in [3.8, 4) is 0 Å². The van der Waals surface area contributed by atoms with E-state index in [0.717, 1.165) is 0 Å². The molecule has 0 aliphatic carbocycles. The molecule has 1 atom stereocenters. The van der Waals surface area contributed by atoms with Gasteiger partial charge in [-0.25, -0.2) is 0 Å². The molecule has 0 aliphatic rings. The van der Waals surface area contributed by atoms with E-state index in [9.17, 15) is 9.18 Å². The number of halogens is 1. The van der Waals surface area contributed by atoms with Crippen LogP contribution in [0.2, 0.25) is 0 Å². The van der Waals surface area contributed by atoms with Crippen molar-refractivity contribution in [2.75, 3.05) is 0 Å². The molecule has 13 heavy (non-hydrogen) atoms. The fourth-order valence-electron chi connectivity index (χ4n) is 0.800. The summed E-state index contributed by atoms with van der Waals surface area (Å²) in [5.41, 5.74) is 5.71. The van der Waals surface area contributed by atoms with Gasteiger partial charge >= 0.3 is 88.3 Å². The van der Waals surface area contributed by atoms with E-state index in [4.69, 9.17) is 10.8 Å². The Balaban J connectivity index is 2.74. The van der Waals surface area contributed by atoms with Gasteiger partial charge in [0.05, 0.1) is 0 Å². The molecule has 1 aromatic rings. The van der Waals surface area contributed by atoms with E-state index in [1.165, 1.54) is 24.7 Å². The number of carboxylic acid groups (broad SMARTS) is 1. The molecule has 1 rings (SSSR count). The van der Waals surface area contributed by atoms with Gasteiger partial charge in [-0.3, -0.25) is 0 Å². The summed E-state index contributed by atoms with van der Waals surface area (Å²) in [5.74, 6) is -1.11. The number of hydrogen-bond acceptors (Lipinski definition) is 3. The summed E-state index contributed by atoms with van der Waals surface area (Å²) < 4.78 is 13.0. The van der Waals surface area contributed by atoms with Gasteiger partial charge in [0.1, 0.15) is 0 Å². The van der Waals surface area contributed by atoms with Crippen LogP contribution < -0.4 is 9.14 Å². The zero-order valence-corrected chi connectivity index (χ0v) is 9.36. The first-order valence-corrected chi connectivity index (χ1v) is 4.86. The molecular formula is C6H7AtFN3O2. The average Bonchev–Trinajstić information content (AvgIpc) is 2.30. The number of hydrogen-bond donors (Lipinski definition) is 3. The molecule has 1 aromatic heterocycles. The molecule has 1 unspecified atom stereocenters. The Kier molecular flexibility index (Phi) is 3.33. The number of aliphatic carboxylic acids is 1. The van der Waals surface area contributed by atoms with Gasteiger partial charge < -0.3 is 0 Å². The minimum absolute atomic E-state index is 0.0675. The zero-order chi connectivity index (χ0) is 10.0. The van der Waals surface area contributed by atoms with E-state index >= 15 is 0 Å². The first kappa shape index (κ1) is 10.5. The number of rotatable bonds is 3. The van der Waals surface area contributed by atoms with Gasteiger partial charge in [-0.1, -0.05) is 0 Å². The normalized spacial score (nSPS) is 12.8. The van der Waals surface area contributed by atoms with Crippen molar-refractivity contribution in [1.82, 2.24) is 9.97 Å². The number of H-pyrrole nitrogens is 1. The maximum atomic E-state index is 12.5. The number of carbonyl (C=O) groups is 1. The Morgan fingerprint density at radius 1 is 1.85 bits per heavy atom. The van der Waals surface area contributed by atoms with Crippen molar-refractivity contribution in [3.05, 3.63) is 11.8 Å². The second-order valence-corrected chi connectivity index (χ2v) is 3.84. The molecule has 1 heterocycles. The quantitative estimate of drug-likeness (QED) is 0.605. The number of carboxylic acids is 1. The molecule has 4 N–H and O–H groups in total. The minimum atomic E-state index is -1.11.